The molecule has 0 spiro atoms. The molecule has 0 aliphatic carbocycles. The van der Waals surface area contributed by atoms with Gasteiger partial charge in [0.2, 0.25) is 0 Å². The average molecular weight is 329 g/mol. The first kappa shape index (κ1) is 15.7. The van der Waals surface area contributed by atoms with Gasteiger partial charge >= 0.3 is 12.1 Å². The molecule has 1 unspecified atom stereocenters. The van der Waals surface area contributed by atoms with Crippen LogP contribution in [0.2, 0.25) is 0 Å². The average Bonchev–Trinajstić information content (AvgIpc) is 2.72. The Labute approximate surface area is 130 Å². The van der Waals surface area contributed by atoms with E-state index in [1.54, 1.807) is 6.92 Å². The molecule has 1 amide bonds. The lowest BCUT2D eigenvalue weighted by molar-refractivity contribution is -0.142. The SMILES string of the molecule is C[C@@H]1Cc2nn3c(c2CN1C(=O)O)C(F)(F)CCC(C(=O)O)C3. The Morgan fingerprint density at radius 3 is 2.65 bits per heavy atom. The quantitative estimate of drug-likeness (QED) is 0.820. The van der Waals surface area contributed by atoms with Gasteiger partial charge in [-0.3, -0.25) is 9.48 Å². The second-order valence-corrected chi connectivity index (χ2v) is 6.20. The first-order valence-corrected chi connectivity index (χ1v) is 7.40. The summed E-state index contributed by atoms with van der Waals surface area (Å²) in [5, 5.41) is 22.5. The van der Waals surface area contributed by atoms with Gasteiger partial charge in [-0.05, 0) is 13.3 Å². The van der Waals surface area contributed by atoms with E-state index in [0.29, 0.717) is 5.69 Å². The number of hydrogen-bond acceptors (Lipinski definition) is 3. The highest BCUT2D eigenvalue weighted by molar-refractivity contribution is 5.70. The number of carboxylic acid groups (broad SMARTS) is 2. The minimum Gasteiger partial charge on any atom is -0.481 e. The maximum atomic E-state index is 14.5. The molecule has 9 heteroatoms. The lowest BCUT2D eigenvalue weighted by atomic mass is 9.96. The summed E-state index contributed by atoms with van der Waals surface area (Å²) in [6.07, 6.45) is -1.64. The van der Waals surface area contributed by atoms with Crippen molar-refractivity contribution in [3.05, 3.63) is 17.0 Å². The van der Waals surface area contributed by atoms with Crippen LogP contribution in [0.25, 0.3) is 0 Å². The molecule has 0 saturated heterocycles. The molecule has 3 rings (SSSR count). The highest BCUT2D eigenvalue weighted by Crippen LogP contribution is 2.42. The number of halogens is 2. The summed E-state index contributed by atoms with van der Waals surface area (Å²) in [4.78, 5) is 23.6. The van der Waals surface area contributed by atoms with E-state index in [4.69, 9.17) is 5.11 Å². The number of carbonyl (C=O) groups is 2. The summed E-state index contributed by atoms with van der Waals surface area (Å²) < 4.78 is 30.1. The van der Waals surface area contributed by atoms with E-state index < -0.39 is 30.3 Å². The van der Waals surface area contributed by atoms with Crippen LogP contribution in [0, 0.1) is 5.92 Å². The number of alkyl halides is 2. The summed E-state index contributed by atoms with van der Waals surface area (Å²) in [7, 11) is 0. The molecule has 2 aliphatic heterocycles. The van der Waals surface area contributed by atoms with E-state index in [2.05, 4.69) is 5.10 Å². The Bertz CT molecular complexity index is 673. The Hall–Kier alpha value is -2.19. The lowest BCUT2D eigenvalue weighted by Crippen LogP contribution is -2.42. The fourth-order valence-corrected chi connectivity index (χ4v) is 3.37. The van der Waals surface area contributed by atoms with Crippen LogP contribution >= 0.6 is 0 Å². The summed E-state index contributed by atoms with van der Waals surface area (Å²) in [5.41, 5.74) is 0.339. The van der Waals surface area contributed by atoms with Crippen molar-refractivity contribution in [1.82, 2.24) is 14.7 Å². The van der Waals surface area contributed by atoms with Gasteiger partial charge in [0.15, 0.2) is 0 Å². The zero-order valence-corrected chi connectivity index (χ0v) is 12.5. The zero-order valence-electron chi connectivity index (χ0n) is 12.5. The number of fused-ring (bicyclic) bond motifs is 3. The molecule has 7 nitrogen and oxygen atoms in total. The van der Waals surface area contributed by atoms with E-state index in [9.17, 15) is 23.5 Å². The third kappa shape index (κ3) is 2.53. The largest absolute Gasteiger partial charge is 0.481 e. The summed E-state index contributed by atoms with van der Waals surface area (Å²) in [6.45, 7) is 1.43. The van der Waals surface area contributed by atoms with E-state index >= 15 is 0 Å². The van der Waals surface area contributed by atoms with Crippen molar-refractivity contribution in [2.45, 2.75) is 51.2 Å². The topological polar surface area (TPSA) is 95.7 Å². The van der Waals surface area contributed by atoms with Gasteiger partial charge in [0.1, 0.15) is 5.69 Å². The molecule has 0 fully saturated rings. The predicted molar refractivity (Wildman–Crippen MR) is 73.2 cm³/mol. The van der Waals surface area contributed by atoms with Crippen LogP contribution in [0.4, 0.5) is 13.6 Å². The van der Waals surface area contributed by atoms with E-state index in [1.165, 1.54) is 0 Å². The maximum absolute atomic E-state index is 14.5. The van der Waals surface area contributed by atoms with Crippen LogP contribution in [0.3, 0.4) is 0 Å². The standard InChI is InChI=1S/C14H17F2N3O4/c1-7-4-10-9(6-18(7)13(22)23)11-14(15,16)3-2-8(12(20)21)5-19(11)17-10/h7-8H,2-6H2,1H3,(H,20,21)(H,22,23)/t7-,8?/m1/s1. The minimum absolute atomic E-state index is 0.116. The van der Waals surface area contributed by atoms with E-state index in [-0.39, 0.29) is 43.2 Å². The Morgan fingerprint density at radius 2 is 2.04 bits per heavy atom. The second kappa shape index (κ2) is 5.17. The molecule has 1 aromatic rings. The molecule has 2 atom stereocenters. The maximum Gasteiger partial charge on any atom is 0.407 e. The van der Waals surface area contributed by atoms with Crippen LogP contribution in [0.1, 0.15) is 36.7 Å². The van der Waals surface area contributed by atoms with E-state index in [0.717, 1.165) is 9.58 Å². The van der Waals surface area contributed by atoms with Crippen molar-refractivity contribution >= 4 is 12.1 Å². The zero-order chi connectivity index (χ0) is 16.9. The number of nitrogens with zero attached hydrogens (tertiary/aromatic N) is 3. The number of rotatable bonds is 1. The molecule has 0 aromatic carbocycles. The molecule has 0 saturated carbocycles. The van der Waals surface area contributed by atoms with E-state index in [1.807, 2.05) is 0 Å². The molecular weight excluding hydrogens is 312 g/mol. The van der Waals surface area contributed by atoms with Gasteiger partial charge in [-0.15, -0.1) is 0 Å². The molecule has 23 heavy (non-hydrogen) atoms. The highest BCUT2D eigenvalue weighted by Gasteiger charge is 2.45. The van der Waals surface area contributed by atoms with Gasteiger partial charge in [0.05, 0.1) is 24.7 Å². The van der Waals surface area contributed by atoms with Crippen molar-refractivity contribution in [2.24, 2.45) is 5.92 Å². The number of hydrogen-bond donors (Lipinski definition) is 2. The van der Waals surface area contributed by atoms with Crippen molar-refractivity contribution < 1.29 is 28.6 Å². The first-order chi connectivity index (χ1) is 10.7. The van der Waals surface area contributed by atoms with Crippen LogP contribution in [0.5, 0.6) is 0 Å². The molecule has 3 heterocycles. The van der Waals surface area contributed by atoms with Crippen molar-refractivity contribution in [3.63, 3.8) is 0 Å². The minimum atomic E-state index is -3.21. The number of amides is 1. The molecule has 1 aromatic heterocycles. The molecular formula is C14H17F2N3O4. The molecule has 0 radical (unpaired) electrons. The summed E-state index contributed by atoms with van der Waals surface area (Å²) in [6, 6.07) is -0.358. The third-order valence-corrected chi connectivity index (χ3v) is 4.62. The van der Waals surface area contributed by atoms with Crippen molar-refractivity contribution in [2.75, 3.05) is 0 Å². The van der Waals surface area contributed by atoms with Crippen molar-refractivity contribution in [1.29, 1.82) is 0 Å². The van der Waals surface area contributed by atoms with Crippen LogP contribution in [-0.2, 0) is 30.2 Å². The van der Waals surface area contributed by atoms with Crippen LogP contribution in [0.15, 0.2) is 0 Å². The van der Waals surface area contributed by atoms with Gasteiger partial charge in [-0.1, -0.05) is 0 Å². The summed E-state index contributed by atoms with van der Waals surface area (Å²) in [5.74, 6) is -5.26. The predicted octanol–water partition coefficient (Wildman–Crippen LogP) is 1.89. The smallest absolute Gasteiger partial charge is 0.407 e. The first-order valence-electron chi connectivity index (χ1n) is 7.40. The fourth-order valence-electron chi connectivity index (χ4n) is 3.37. The molecule has 0 bridgehead atoms. The second-order valence-electron chi connectivity index (χ2n) is 6.20. The lowest BCUT2D eigenvalue weighted by Gasteiger charge is -2.31. The monoisotopic (exact) mass is 329 g/mol. The van der Waals surface area contributed by atoms with Gasteiger partial charge in [0.25, 0.3) is 5.92 Å². The molecule has 2 N–H and O–H groups in total. The van der Waals surface area contributed by atoms with Crippen molar-refractivity contribution in [3.8, 4) is 0 Å². The Balaban J connectivity index is 2.07. The number of carboxylic acids is 1. The normalized spacial score (nSPS) is 26.1. The molecule has 126 valence electrons. The van der Waals surface area contributed by atoms with Crippen LogP contribution in [-0.4, -0.2) is 43.0 Å². The van der Waals surface area contributed by atoms with Crippen LogP contribution < -0.4 is 0 Å². The third-order valence-electron chi connectivity index (χ3n) is 4.62. The van der Waals surface area contributed by atoms with Gasteiger partial charge < -0.3 is 15.1 Å². The van der Waals surface area contributed by atoms with Gasteiger partial charge in [0, 0.05) is 24.4 Å². The fraction of sp³-hybridized carbons (Fsp3) is 0.643. The summed E-state index contributed by atoms with van der Waals surface area (Å²) >= 11 is 0. The number of aromatic nitrogens is 2. The number of aliphatic carboxylic acids is 1. The Kier molecular flexibility index (Phi) is 3.53. The molecule has 2 aliphatic rings. The Morgan fingerprint density at radius 1 is 1.35 bits per heavy atom. The highest BCUT2D eigenvalue weighted by atomic mass is 19.3. The van der Waals surface area contributed by atoms with Gasteiger partial charge in [-0.25, -0.2) is 4.79 Å². The van der Waals surface area contributed by atoms with Gasteiger partial charge in [-0.2, -0.15) is 13.9 Å².